The van der Waals surface area contributed by atoms with Crippen LogP contribution in [0.5, 0.6) is 0 Å². The van der Waals surface area contributed by atoms with E-state index in [-0.39, 0.29) is 12.8 Å². The number of benzene rings is 1. The first-order valence-corrected chi connectivity index (χ1v) is 6.11. The van der Waals surface area contributed by atoms with Crippen LogP contribution in [0.15, 0.2) is 12.1 Å². The van der Waals surface area contributed by atoms with Crippen LogP contribution in [0.3, 0.4) is 0 Å². The number of carbonyl (C=O) groups excluding carboxylic acids is 1. The number of hydrogen-bond donors (Lipinski definition) is 2. The largest absolute Gasteiger partial charge is 0.481 e. The third kappa shape index (κ3) is 2.74. The number of carboxylic acids is 1. The SMILES string of the molecule is O=C(O)CCC(=O)Nc1c(Cl)ccc2nsnc12. The van der Waals surface area contributed by atoms with Gasteiger partial charge in [-0.2, -0.15) is 8.75 Å². The van der Waals surface area contributed by atoms with E-state index in [1.54, 1.807) is 12.1 Å². The van der Waals surface area contributed by atoms with Crippen molar-refractivity contribution in [1.82, 2.24) is 8.75 Å². The molecule has 2 N–H and O–H groups in total. The smallest absolute Gasteiger partial charge is 0.303 e. The van der Waals surface area contributed by atoms with Gasteiger partial charge in [0.1, 0.15) is 11.0 Å². The minimum Gasteiger partial charge on any atom is -0.481 e. The van der Waals surface area contributed by atoms with Crippen LogP contribution in [0, 0.1) is 0 Å². The molecule has 1 aromatic carbocycles. The Bertz CT molecular complexity index is 613. The van der Waals surface area contributed by atoms with Crippen molar-refractivity contribution in [2.24, 2.45) is 0 Å². The monoisotopic (exact) mass is 285 g/mol. The molecular weight excluding hydrogens is 278 g/mol. The number of carboxylic acid groups (broad SMARTS) is 1. The van der Waals surface area contributed by atoms with Gasteiger partial charge in [0.15, 0.2) is 0 Å². The van der Waals surface area contributed by atoms with E-state index in [2.05, 4.69) is 14.1 Å². The second-order valence-corrected chi connectivity index (χ2v) is 4.43. The number of nitrogens with zero attached hydrogens (tertiary/aromatic N) is 2. The Morgan fingerprint density at radius 1 is 1.33 bits per heavy atom. The van der Waals surface area contributed by atoms with E-state index < -0.39 is 11.9 Å². The molecule has 8 heteroatoms. The Balaban J connectivity index is 2.20. The lowest BCUT2D eigenvalue weighted by atomic mass is 10.2. The van der Waals surface area contributed by atoms with Crippen LogP contribution >= 0.6 is 23.3 Å². The highest BCUT2D eigenvalue weighted by Crippen LogP contribution is 2.29. The summed E-state index contributed by atoms with van der Waals surface area (Å²) >= 11 is 6.99. The molecule has 1 heterocycles. The molecule has 2 rings (SSSR count). The third-order valence-corrected chi connectivity index (χ3v) is 3.06. The highest BCUT2D eigenvalue weighted by molar-refractivity contribution is 7.00. The molecule has 0 aliphatic carbocycles. The zero-order valence-electron chi connectivity index (χ0n) is 9.01. The van der Waals surface area contributed by atoms with E-state index in [9.17, 15) is 9.59 Å². The van der Waals surface area contributed by atoms with Gasteiger partial charge in [0.25, 0.3) is 0 Å². The first-order valence-electron chi connectivity index (χ1n) is 5.00. The Morgan fingerprint density at radius 2 is 2.11 bits per heavy atom. The van der Waals surface area contributed by atoms with Crippen molar-refractivity contribution in [3.8, 4) is 0 Å². The average molecular weight is 286 g/mol. The summed E-state index contributed by atoms with van der Waals surface area (Å²) in [7, 11) is 0. The van der Waals surface area contributed by atoms with E-state index >= 15 is 0 Å². The number of amides is 1. The van der Waals surface area contributed by atoms with Crippen molar-refractivity contribution in [3.63, 3.8) is 0 Å². The van der Waals surface area contributed by atoms with Gasteiger partial charge >= 0.3 is 5.97 Å². The van der Waals surface area contributed by atoms with Crippen LogP contribution in [0.2, 0.25) is 5.02 Å². The van der Waals surface area contributed by atoms with Gasteiger partial charge in [-0.25, -0.2) is 0 Å². The van der Waals surface area contributed by atoms with Gasteiger partial charge in [-0.1, -0.05) is 11.6 Å². The lowest BCUT2D eigenvalue weighted by Crippen LogP contribution is -2.13. The standard InChI is InChI=1S/C10H8ClN3O3S/c11-5-1-2-6-10(14-18-13-6)9(5)12-7(15)3-4-8(16)17/h1-2H,3-4H2,(H,12,15)(H,16,17). The molecule has 1 amide bonds. The zero-order chi connectivity index (χ0) is 13.1. The van der Waals surface area contributed by atoms with E-state index in [0.29, 0.717) is 21.7 Å². The summed E-state index contributed by atoms with van der Waals surface area (Å²) in [6.07, 6.45) is -0.339. The highest BCUT2D eigenvalue weighted by atomic mass is 35.5. The Labute approximate surface area is 111 Å². The molecule has 2 aromatic rings. The minimum absolute atomic E-state index is 0.111. The quantitative estimate of drug-likeness (QED) is 0.898. The molecule has 0 bridgehead atoms. The molecular formula is C10H8ClN3O3S. The maximum absolute atomic E-state index is 11.6. The lowest BCUT2D eigenvalue weighted by molar-refractivity contribution is -0.138. The fourth-order valence-corrected chi connectivity index (χ4v) is 2.11. The molecule has 0 saturated carbocycles. The summed E-state index contributed by atoms with van der Waals surface area (Å²) in [4.78, 5) is 21.9. The van der Waals surface area contributed by atoms with Gasteiger partial charge in [-0.15, -0.1) is 0 Å². The molecule has 6 nitrogen and oxygen atoms in total. The van der Waals surface area contributed by atoms with Gasteiger partial charge < -0.3 is 10.4 Å². The lowest BCUT2D eigenvalue weighted by Gasteiger charge is -2.06. The van der Waals surface area contributed by atoms with Crippen molar-refractivity contribution in [2.75, 3.05) is 5.32 Å². The first-order chi connectivity index (χ1) is 8.58. The normalized spacial score (nSPS) is 10.5. The number of hydrogen-bond acceptors (Lipinski definition) is 5. The second kappa shape index (κ2) is 5.28. The number of aliphatic carboxylic acids is 1. The van der Waals surface area contributed by atoms with Gasteiger partial charge in [0.05, 0.1) is 28.9 Å². The van der Waals surface area contributed by atoms with Gasteiger partial charge in [0, 0.05) is 6.42 Å². The predicted octanol–water partition coefficient (Wildman–Crippen LogP) is 2.15. The van der Waals surface area contributed by atoms with E-state index in [1.807, 2.05) is 0 Å². The van der Waals surface area contributed by atoms with Crippen LogP contribution in [0.25, 0.3) is 11.0 Å². The number of carbonyl (C=O) groups is 2. The van der Waals surface area contributed by atoms with Crippen LogP contribution in [0.4, 0.5) is 5.69 Å². The van der Waals surface area contributed by atoms with Gasteiger partial charge in [0.2, 0.25) is 5.91 Å². The van der Waals surface area contributed by atoms with Crippen LogP contribution in [-0.4, -0.2) is 25.7 Å². The van der Waals surface area contributed by atoms with Crippen LogP contribution < -0.4 is 5.32 Å². The molecule has 0 aliphatic rings. The highest BCUT2D eigenvalue weighted by Gasteiger charge is 2.13. The average Bonchev–Trinajstić information content (AvgIpc) is 2.78. The maximum Gasteiger partial charge on any atom is 0.303 e. The molecule has 0 spiro atoms. The third-order valence-electron chi connectivity index (χ3n) is 2.21. The summed E-state index contributed by atoms with van der Waals surface area (Å²) in [6, 6.07) is 3.31. The topological polar surface area (TPSA) is 92.2 Å². The summed E-state index contributed by atoms with van der Waals surface area (Å²) in [5, 5.41) is 11.4. The second-order valence-electron chi connectivity index (χ2n) is 3.50. The number of nitrogens with one attached hydrogen (secondary N) is 1. The summed E-state index contributed by atoms with van der Waals surface area (Å²) in [6.45, 7) is 0. The van der Waals surface area contributed by atoms with Crippen molar-refractivity contribution >= 4 is 51.9 Å². The molecule has 0 fully saturated rings. The van der Waals surface area contributed by atoms with E-state index in [4.69, 9.17) is 16.7 Å². The van der Waals surface area contributed by atoms with Crippen molar-refractivity contribution in [1.29, 1.82) is 0 Å². The predicted molar refractivity (Wildman–Crippen MR) is 67.9 cm³/mol. The Hall–Kier alpha value is -1.73. The molecule has 0 atom stereocenters. The van der Waals surface area contributed by atoms with E-state index in [0.717, 1.165) is 11.7 Å². The van der Waals surface area contributed by atoms with Crippen molar-refractivity contribution in [3.05, 3.63) is 17.2 Å². The number of fused-ring (bicyclic) bond motifs is 1. The van der Waals surface area contributed by atoms with Crippen LogP contribution in [0.1, 0.15) is 12.8 Å². The number of aromatic nitrogens is 2. The van der Waals surface area contributed by atoms with Crippen molar-refractivity contribution < 1.29 is 14.7 Å². The molecule has 0 radical (unpaired) electrons. The summed E-state index contributed by atoms with van der Waals surface area (Å²) in [5.74, 6) is -1.44. The summed E-state index contributed by atoms with van der Waals surface area (Å²) < 4.78 is 8.07. The number of halogens is 1. The Kier molecular flexibility index (Phi) is 3.73. The van der Waals surface area contributed by atoms with Crippen LogP contribution in [-0.2, 0) is 9.59 Å². The molecule has 0 saturated heterocycles. The molecule has 1 aromatic heterocycles. The molecule has 18 heavy (non-hydrogen) atoms. The first kappa shape index (κ1) is 12.7. The maximum atomic E-state index is 11.6. The molecule has 0 aliphatic heterocycles. The fourth-order valence-electron chi connectivity index (χ4n) is 1.37. The minimum atomic E-state index is -1.02. The molecule has 0 unspecified atom stereocenters. The van der Waals surface area contributed by atoms with Gasteiger partial charge in [-0.05, 0) is 12.1 Å². The fraction of sp³-hybridized carbons (Fsp3) is 0.200. The molecule has 94 valence electrons. The number of rotatable bonds is 4. The Morgan fingerprint density at radius 3 is 2.83 bits per heavy atom. The zero-order valence-corrected chi connectivity index (χ0v) is 10.6. The van der Waals surface area contributed by atoms with Crippen molar-refractivity contribution in [2.45, 2.75) is 12.8 Å². The summed E-state index contributed by atoms with van der Waals surface area (Å²) in [5.41, 5.74) is 1.52. The van der Waals surface area contributed by atoms with Gasteiger partial charge in [-0.3, -0.25) is 9.59 Å². The van der Waals surface area contributed by atoms with E-state index in [1.165, 1.54) is 0 Å². The number of anilines is 1.